The normalized spacial score (nSPS) is 17.5. The quantitative estimate of drug-likeness (QED) is 0.412. The molecule has 0 bridgehead atoms. The second-order valence-corrected chi connectivity index (χ2v) is 8.29. The van der Waals surface area contributed by atoms with Gasteiger partial charge in [-0.2, -0.15) is 0 Å². The molecule has 2 aromatic rings. The molecule has 1 fully saturated rings. The Labute approximate surface area is 187 Å². The molecule has 32 heavy (non-hydrogen) atoms. The number of guanidine groups is 1. The van der Waals surface area contributed by atoms with E-state index < -0.39 is 11.6 Å². The molecule has 0 atom stereocenters. The van der Waals surface area contributed by atoms with Crippen LogP contribution < -0.4 is 5.32 Å². The maximum atomic E-state index is 14.2. The topological polar surface area (TPSA) is 70.8 Å². The van der Waals surface area contributed by atoms with E-state index >= 15 is 0 Å². The average Bonchev–Trinajstić information content (AvgIpc) is 3.11. The molecule has 0 amide bonds. The monoisotopic (exact) mass is 447 g/mol. The highest BCUT2D eigenvalue weighted by molar-refractivity contribution is 5.80. The lowest BCUT2D eigenvalue weighted by Crippen LogP contribution is -2.45. The molecule has 0 aliphatic carbocycles. The molecule has 174 valence electrons. The second kappa shape index (κ2) is 10.4. The van der Waals surface area contributed by atoms with Crippen molar-refractivity contribution in [2.24, 2.45) is 12.0 Å². The molecule has 4 rings (SSSR count). The number of hydrogen-bond acceptors (Lipinski definition) is 5. The van der Waals surface area contributed by atoms with Crippen LogP contribution in [0.4, 0.5) is 8.78 Å². The summed E-state index contributed by atoms with van der Waals surface area (Å²) in [6.07, 6.45) is 1.48. The number of hydrogen-bond donors (Lipinski definition) is 1. The van der Waals surface area contributed by atoms with Crippen LogP contribution in [0.25, 0.3) is 0 Å². The van der Waals surface area contributed by atoms with E-state index in [0.29, 0.717) is 37.2 Å². The Morgan fingerprint density at radius 2 is 2.00 bits per heavy atom. The van der Waals surface area contributed by atoms with E-state index in [1.54, 1.807) is 0 Å². The third kappa shape index (κ3) is 5.42. The predicted molar refractivity (Wildman–Crippen MR) is 117 cm³/mol. The fraction of sp³-hybridized carbons (Fsp3) is 0.591. The summed E-state index contributed by atoms with van der Waals surface area (Å²) in [5.41, 5.74) is 1.27. The fourth-order valence-corrected chi connectivity index (χ4v) is 4.12. The minimum atomic E-state index is -0.547. The number of halogens is 2. The smallest absolute Gasteiger partial charge is 0.194 e. The summed E-state index contributed by atoms with van der Waals surface area (Å²) in [6.45, 7) is 8.56. The predicted octanol–water partition coefficient (Wildman–Crippen LogP) is 1.63. The molecule has 10 heteroatoms. The van der Waals surface area contributed by atoms with Crippen LogP contribution in [0.2, 0.25) is 0 Å². The molecule has 0 spiro atoms. The highest BCUT2D eigenvalue weighted by Gasteiger charge is 2.23. The van der Waals surface area contributed by atoms with Crippen LogP contribution >= 0.6 is 0 Å². The van der Waals surface area contributed by atoms with Gasteiger partial charge in [-0.1, -0.05) is 0 Å². The number of aromatic nitrogens is 3. The summed E-state index contributed by atoms with van der Waals surface area (Å²) in [5.74, 6) is 1.31. The maximum Gasteiger partial charge on any atom is 0.194 e. The number of morpholine rings is 1. The SMILES string of the molecule is Cc1nnc(CN=C(NCCCN2CCOCC2)N2CCc3c(F)cc(F)cc3C2)n1C. The molecule has 8 nitrogen and oxygen atoms in total. The van der Waals surface area contributed by atoms with Gasteiger partial charge in [0, 0.05) is 45.8 Å². The van der Waals surface area contributed by atoms with E-state index in [2.05, 4.69) is 25.3 Å². The highest BCUT2D eigenvalue weighted by Crippen LogP contribution is 2.23. The van der Waals surface area contributed by atoms with E-state index in [-0.39, 0.29) is 0 Å². The summed E-state index contributed by atoms with van der Waals surface area (Å²) in [7, 11) is 1.91. The van der Waals surface area contributed by atoms with Crippen LogP contribution in [-0.4, -0.2) is 76.5 Å². The van der Waals surface area contributed by atoms with Crippen LogP contribution in [0.15, 0.2) is 17.1 Å². The van der Waals surface area contributed by atoms with Gasteiger partial charge in [-0.05, 0) is 43.5 Å². The van der Waals surface area contributed by atoms with Gasteiger partial charge in [0.25, 0.3) is 0 Å². The Balaban J connectivity index is 1.44. The lowest BCUT2D eigenvalue weighted by molar-refractivity contribution is 0.0375. The Kier molecular flexibility index (Phi) is 7.31. The molecule has 2 aliphatic rings. The molecule has 1 N–H and O–H groups in total. The number of nitrogens with zero attached hydrogens (tertiary/aromatic N) is 6. The molecule has 1 saturated heterocycles. The minimum absolute atomic E-state index is 0.379. The number of rotatable bonds is 6. The van der Waals surface area contributed by atoms with Gasteiger partial charge in [0.05, 0.1) is 13.2 Å². The standard InChI is InChI=1S/C22H31F2N7O/c1-16-27-28-21(29(16)2)14-26-22(25-5-3-6-30-8-10-32-11-9-30)31-7-4-19-17(15-31)12-18(23)13-20(19)24/h12-13H,3-11,14-15H2,1-2H3,(H,25,26). The summed E-state index contributed by atoms with van der Waals surface area (Å²) in [6, 6.07) is 2.39. The lowest BCUT2D eigenvalue weighted by Gasteiger charge is -2.32. The number of aliphatic imine (C=N–C) groups is 1. The number of fused-ring (bicyclic) bond motifs is 1. The first-order valence-electron chi connectivity index (χ1n) is 11.2. The molecule has 1 aromatic heterocycles. The van der Waals surface area contributed by atoms with E-state index in [1.165, 1.54) is 6.07 Å². The fourth-order valence-electron chi connectivity index (χ4n) is 4.12. The van der Waals surface area contributed by atoms with Gasteiger partial charge < -0.3 is 19.5 Å². The van der Waals surface area contributed by atoms with Gasteiger partial charge in [-0.25, -0.2) is 13.8 Å². The molecule has 1 aromatic carbocycles. The first-order valence-corrected chi connectivity index (χ1v) is 11.2. The van der Waals surface area contributed by atoms with E-state index in [4.69, 9.17) is 9.73 Å². The van der Waals surface area contributed by atoms with E-state index in [0.717, 1.165) is 69.5 Å². The number of aryl methyl sites for hydroxylation is 1. The number of benzene rings is 1. The first kappa shape index (κ1) is 22.6. The van der Waals surface area contributed by atoms with Gasteiger partial charge in [-0.15, -0.1) is 10.2 Å². The lowest BCUT2D eigenvalue weighted by atomic mass is 9.99. The van der Waals surface area contributed by atoms with Crippen molar-refractivity contribution in [1.29, 1.82) is 0 Å². The zero-order valence-electron chi connectivity index (χ0n) is 18.8. The summed E-state index contributed by atoms with van der Waals surface area (Å²) < 4.78 is 35.3. The van der Waals surface area contributed by atoms with E-state index in [9.17, 15) is 8.78 Å². The Bertz CT molecular complexity index is 956. The summed E-state index contributed by atoms with van der Waals surface area (Å²) in [4.78, 5) is 9.23. The zero-order valence-corrected chi connectivity index (χ0v) is 18.8. The van der Waals surface area contributed by atoms with Crippen molar-refractivity contribution in [3.8, 4) is 0 Å². The number of ether oxygens (including phenoxy) is 1. The van der Waals surface area contributed by atoms with Crippen LogP contribution in [0, 0.1) is 18.6 Å². The van der Waals surface area contributed by atoms with Crippen LogP contribution in [-0.2, 0) is 31.3 Å². The van der Waals surface area contributed by atoms with Gasteiger partial charge in [0.1, 0.15) is 24.0 Å². The largest absolute Gasteiger partial charge is 0.379 e. The van der Waals surface area contributed by atoms with Crippen molar-refractivity contribution >= 4 is 5.96 Å². The van der Waals surface area contributed by atoms with Crippen molar-refractivity contribution < 1.29 is 13.5 Å². The van der Waals surface area contributed by atoms with Gasteiger partial charge in [-0.3, -0.25) is 4.90 Å². The van der Waals surface area contributed by atoms with Crippen LogP contribution in [0.1, 0.15) is 29.2 Å². The van der Waals surface area contributed by atoms with Gasteiger partial charge in [0.15, 0.2) is 11.8 Å². The molecular formula is C22H31F2N7O. The first-order chi connectivity index (χ1) is 15.5. The summed E-state index contributed by atoms with van der Waals surface area (Å²) in [5, 5.41) is 11.7. The number of nitrogens with one attached hydrogen (secondary N) is 1. The van der Waals surface area contributed by atoms with Crippen LogP contribution in [0.5, 0.6) is 0 Å². The third-order valence-electron chi connectivity index (χ3n) is 6.14. The molecule has 0 unspecified atom stereocenters. The maximum absolute atomic E-state index is 14.2. The van der Waals surface area contributed by atoms with Gasteiger partial charge in [0.2, 0.25) is 0 Å². The molecule has 0 radical (unpaired) electrons. The summed E-state index contributed by atoms with van der Waals surface area (Å²) >= 11 is 0. The zero-order chi connectivity index (χ0) is 22.5. The van der Waals surface area contributed by atoms with Crippen LogP contribution in [0.3, 0.4) is 0 Å². The van der Waals surface area contributed by atoms with Gasteiger partial charge >= 0.3 is 0 Å². The van der Waals surface area contributed by atoms with Crippen molar-refractivity contribution in [1.82, 2.24) is 29.9 Å². The molecule has 0 saturated carbocycles. The molecule has 3 heterocycles. The Morgan fingerprint density at radius 1 is 1.19 bits per heavy atom. The van der Waals surface area contributed by atoms with Crippen molar-refractivity contribution in [2.45, 2.75) is 32.9 Å². The average molecular weight is 448 g/mol. The highest BCUT2D eigenvalue weighted by atomic mass is 19.1. The van der Waals surface area contributed by atoms with E-state index in [1.807, 2.05) is 18.5 Å². The Hall–Kier alpha value is -2.59. The van der Waals surface area contributed by atoms with Crippen molar-refractivity contribution in [3.63, 3.8) is 0 Å². The molecule has 2 aliphatic heterocycles. The third-order valence-corrected chi connectivity index (χ3v) is 6.14. The Morgan fingerprint density at radius 3 is 2.75 bits per heavy atom. The minimum Gasteiger partial charge on any atom is -0.379 e. The molecular weight excluding hydrogens is 416 g/mol. The van der Waals surface area contributed by atoms with Crippen molar-refractivity contribution in [3.05, 3.63) is 46.5 Å². The van der Waals surface area contributed by atoms with Crippen molar-refractivity contribution in [2.75, 3.05) is 45.9 Å². The second-order valence-electron chi connectivity index (χ2n) is 8.29.